The molecule has 1 aliphatic carbocycles. The number of carbonyl (C=O) groups excluding carboxylic acids is 1. The van der Waals surface area contributed by atoms with Crippen LogP contribution in [0.2, 0.25) is 0 Å². The summed E-state index contributed by atoms with van der Waals surface area (Å²) in [5.41, 5.74) is 0. The number of nitrogens with zero attached hydrogens (tertiary/aromatic N) is 5. The fourth-order valence-corrected chi connectivity index (χ4v) is 3.80. The van der Waals surface area contributed by atoms with Gasteiger partial charge in [-0.3, -0.25) is 4.79 Å². The van der Waals surface area contributed by atoms with Gasteiger partial charge in [0.2, 0.25) is 5.95 Å². The molecular weight excluding hydrogens is 344 g/mol. The third-order valence-electron chi connectivity index (χ3n) is 5.34. The van der Waals surface area contributed by atoms with Crippen molar-refractivity contribution in [2.75, 3.05) is 36.4 Å². The molecule has 4 rings (SSSR count). The molecule has 1 saturated carbocycles. The molecule has 2 fully saturated rings. The summed E-state index contributed by atoms with van der Waals surface area (Å²) in [5, 5.41) is 11.9. The molecular formula is C19H26N6O2. The van der Waals surface area contributed by atoms with E-state index >= 15 is 0 Å². The number of rotatable bonds is 4. The third-order valence-corrected chi connectivity index (χ3v) is 5.34. The number of nitrogens with one attached hydrogen (secondary N) is 1. The number of hydrogen-bond acceptors (Lipinski definition) is 7. The van der Waals surface area contributed by atoms with Gasteiger partial charge in [0.25, 0.3) is 5.91 Å². The van der Waals surface area contributed by atoms with Crippen LogP contribution in [0.25, 0.3) is 0 Å². The quantitative estimate of drug-likeness (QED) is 0.828. The second-order valence-corrected chi connectivity index (χ2v) is 7.23. The van der Waals surface area contributed by atoms with Gasteiger partial charge in [0.1, 0.15) is 0 Å². The minimum absolute atomic E-state index is 0.0672. The van der Waals surface area contributed by atoms with Gasteiger partial charge in [-0.2, -0.15) is 10.1 Å². The Bertz CT molecular complexity index is 734. The van der Waals surface area contributed by atoms with Crippen molar-refractivity contribution in [3.8, 4) is 0 Å². The predicted octanol–water partition coefficient (Wildman–Crippen LogP) is 2.56. The highest BCUT2D eigenvalue weighted by molar-refractivity contribution is 5.91. The highest BCUT2D eigenvalue weighted by Gasteiger charge is 2.25. The van der Waals surface area contributed by atoms with Gasteiger partial charge >= 0.3 is 0 Å². The first kappa shape index (κ1) is 17.8. The summed E-state index contributed by atoms with van der Waals surface area (Å²) in [4.78, 5) is 20.9. The smallest absolute Gasteiger partial charge is 0.289 e. The maximum absolute atomic E-state index is 12.4. The number of carbonyl (C=O) groups is 1. The van der Waals surface area contributed by atoms with Crippen molar-refractivity contribution >= 4 is 17.7 Å². The molecule has 2 aromatic rings. The molecule has 0 radical (unpaired) electrons. The summed E-state index contributed by atoms with van der Waals surface area (Å²) in [5.74, 6) is 1.73. The zero-order valence-corrected chi connectivity index (χ0v) is 15.5. The molecule has 2 aliphatic rings. The molecule has 27 heavy (non-hydrogen) atoms. The van der Waals surface area contributed by atoms with Gasteiger partial charge in [0.15, 0.2) is 11.6 Å². The summed E-state index contributed by atoms with van der Waals surface area (Å²) < 4.78 is 5.21. The first-order valence-corrected chi connectivity index (χ1v) is 9.83. The molecule has 0 unspecified atom stereocenters. The molecule has 1 N–H and O–H groups in total. The van der Waals surface area contributed by atoms with E-state index in [0.29, 0.717) is 43.9 Å². The Morgan fingerprint density at radius 1 is 1.11 bits per heavy atom. The summed E-state index contributed by atoms with van der Waals surface area (Å²) >= 11 is 0. The Balaban J connectivity index is 1.35. The fourth-order valence-electron chi connectivity index (χ4n) is 3.80. The molecule has 0 aromatic carbocycles. The van der Waals surface area contributed by atoms with Crippen molar-refractivity contribution in [3.63, 3.8) is 0 Å². The Labute approximate surface area is 159 Å². The molecule has 0 spiro atoms. The fraction of sp³-hybridized carbons (Fsp3) is 0.579. The minimum Gasteiger partial charge on any atom is -0.459 e. The molecule has 0 bridgehead atoms. The third kappa shape index (κ3) is 4.37. The van der Waals surface area contributed by atoms with E-state index in [4.69, 9.17) is 4.42 Å². The van der Waals surface area contributed by atoms with Crippen molar-refractivity contribution in [1.29, 1.82) is 0 Å². The molecule has 1 saturated heterocycles. The largest absolute Gasteiger partial charge is 0.459 e. The van der Waals surface area contributed by atoms with E-state index in [0.717, 1.165) is 5.82 Å². The van der Waals surface area contributed by atoms with E-state index in [-0.39, 0.29) is 5.91 Å². The maximum Gasteiger partial charge on any atom is 0.289 e. The molecule has 144 valence electrons. The molecule has 8 heteroatoms. The lowest BCUT2D eigenvalue weighted by molar-refractivity contribution is 0.0714. The second kappa shape index (κ2) is 8.37. The average Bonchev–Trinajstić information content (AvgIpc) is 3.13. The standard InChI is InChI=1S/C19H26N6O2/c26-18(16-8-5-13-27-16)24-9-11-25(12-10-24)19-22-17(14-20-23-19)21-15-6-3-1-2-4-7-15/h5,8,13-15H,1-4,6-7,9-12H2,(H,21,22,23). The lowest BCUT2D eigenvalue weighted by Crippen LogP contribution is -2.49. The molecule has 2 aromatic heterocycles. The SMILES string of the molecule is O=C(c1ccco1)N1CCN(c2nncc(NC3CCCCCC3)n2)CC1. The van der Waals surface area contributed by atoms with Crippen LogP contribution in [-0.2, 0) is 0 Å². The van der Waals surface area contributed by atoms with Crippen molar-refractivity contribution < 1.29 is 9.21 Å². The Kier molecular flexibility index (Phi) is 5.50. The zero-order chi connectivity index (χ0) is 18.5. The van der Waals surface area contributed by atoms with Crippen molar-refractivity contribution in [2.24, 2.45) is 0 Å². The highest BCUT2D eigenvalue weighted by atomic mass is 16.3. The van der Waals surface area contributed by atoms with E-state index in [2.05, 4.69) is 25.4 Å². The van der Waals surface area contributed by atoms with Crippen LogP contribution in [0.5, 0.6) is 0 Å². The van der Waals surface area contributed by atoms with Crippen LogP contribution in [0.1, 0.15) is 49.1 Å². The van der Waals surface area contributed by atoms with E-state index in [1.807, 2.05) is 0 Å². The minimum atomic E-state index is -0.0672. The highest BCUT2D eigenvalue weighted by Crippen LogP contribution is 2.21. The monoisotopic (exact) mass is 370 g/mol. The lowest BCUT2D eigenvalue weighted by Gasteiger charge is -2.34. The van der Waals surface area contributed by atoms with E-state index in [1.165, 1.54) is 44.8 Å². The zero-order valence-electron chi connectivity index (χ0n) is 15.5. The van der Waals surface area contributed by atoms with E-state index in [9.17, 15) is 4.79 Å². The van der Waals surface area contributed by atoms with Crippen molar-refractivity contribution in [1.82, 2.24) is 20.1 Å². The first-order valence-electron chi connectivity index (χ1n) is 9.83. The number of furan rings is 1. The number of anilines is 2. The summed E-state index contributed by atoms with van der Waals surface area (Å²) in [7, 11) is 0. The van der Waals surface area contributed by atoms with Gasteiger partial charge in [-0.15, -0.1) is 5.10 Å². The predicted molar refractivity (Wildman–Crippen MR) is 102 cm³/mol. The molecule has 8 nitrogen and oxygen atoms in total. The van der Waals surface area contributed by atoms with Gasteiger partial charge in [-0.1, -0.05) is 25.7 Å². The van der Waals surface area contributed by atoms with Crippen LogP contribution >= 0.6 is 0 Å². The van der Waals surface area contributed by atoms with Crippen molar-refractivity contribution in [2.45, 2.75) is 44.6 Å². The molecule has 3 heterocycles. The Morgan fingerprint density at radius 2 is 1.89 bits per heavy atom. The van der Waals surface area contributed by atoms with Crippen LogP contribution in [-0.4, -0.2) is 58.2 Å². The molecule has 1 aliphatic heterocycles. The van der Waals surface area contributed by atoms with Crippen LogP contribution in [0.3, 0.4) is 0 Å². The van der Waals surface area contributed by atoms with Gasteiger partial charge in [0, 0.05) is 32.2 Å². The number of amides is 1. The summed E-state index contributed by atoms with van der Waals surface area (Å²) in [6.45, 7) is 2.59. The number of aromatic nitrogens is 3. The average molecular weight is 370 g/mol. The van der Waals surface area contributed by atoms with E-state index < -0.39 is 0 Å². The number of hydrogen-bond donors (Lipinski definition) is 1. The van der Waals surface area contributed by atoms with Gasteiger partial charge in [-0.05, 0) is 25.0 Å². The van der Waals surface area contributed by atoms with Gasteiger partial charge in [0.05, 0.1) is 12.5 Å². The molecule has 0 atom stereocenters. The summed E-state index contributed by atoms with van der Waals surface area (Å²) in [6, 6.07) is 3.90. The first-order chi connectivity index (χ1) is 13.3. The topological polar surface area (TPSA) is 87.4 Å². The van der Waals surface area contributed by atoms with Crippen LogP contribution < -0.4 is 10.2 Å². The normalized spacial score (nSPS) is 19.0. The Morgan fingerprint density at radius 3 is 2.59 bits per heavy atom. The van der Waals surface area contributed by atoms with E-state index in [1.54, 1.807) is 23.2 Å². The van der Waals surface area contributed by atoms with Crippen LogP contribution in [0, 0.1) is 0 Å². The molecule has 1 amide bonds. The maximum atomic E-state index is 12.4. The Hall–Kier alpha value is -2.64. The van der Waals surface area contributed by atoms with Crippen LogP contribution in [0.15, 0.2) is 29.0 Å². The lowest BCUT2D eigenvalue weighted by atomic mass is 10.1. The van der Waals surface area contributed by atoms with Crippen LogP contribution in [0.4, 0.5) is 11.8 Å². The van der Waals surface area contributed by atoms with Gasteiger partial charge < -0.3 is 19.5 Å². The summed E-state index contributed by atoms with van der Waals surface area (Å²) in [6.07, 6.45) is 10.8. The van der Waals surface area contributed by atoms with Gasteiger partial charge in [-0.25, -0.2) is 0 Å². The second-order valence-electron chi connectivity index (χ2n) is 7.23. The van der Waals surface area contributed by atoms with Crippen molar-refractivity contribution in [3.05, 3.63) is 30.4 Å². The number of piperazine rings is 1.